The Hall–Kier alpha value is -0.260. The fourth-order valence-electron chi connectivity index (χ4n) is 2.00. The van der Waals surface area contributed by atoms with Crippen LogP contribution in [0, 0.1) is 0 Å². The third kappa shape index (κ3) is 4.64. The fraction of sp³-hybridized carbons (Fsp3) is 0.385. The molecule has 1 fully saturated rings. The Morgan fingerprint density at radius 2 is 2.00 bits per heavy atom. The second-order valence-corrected chi connectivity index (χ2v) is 5.32. The van der Waals surface area contributed by atoms with Crippen molar-refractivity contribution in [1.82, 2.24) is 5.32 Å². The number of carboxylic acid groups (broad SMARTS) is 1. The van der Waals surface area contributed by atoms with Crippen LogP contribution in [0.25, 0.3) is 0 Å². The van der Waals surface area contributed by atoms with Crippen molar-refractivity contribution >= 4 is 35.1 Å². The van der Waals surface area contributed by atoms with Gasteiger partial charge in [0.2, 0.25) is 5.91 Å². The van der Waals surface area contributed by atoms with Crippen molar-refractivity contribution in [3.8, 4) is 0 Å². The Morgan fingerprint density at radius 3 is 2.65 bits per heavy atom. The molecule has 4 nitrogen and oxygen atoms in total. The van der Waals surface area contributed by atoms with Crippen LogP contribution in [0.4, 0.5) is 0 Å². The molecule has 102 valence electrons. The van der Waals surface area contributed by atoms with Gasteiger partial charge in [0.15, 0.2) is 0 Å². The number of halogens is 2. The van der Waals surface area contributed by atoms with E-state index in [9.17, 15) is 14.7 Å². The van der Waals surface area contributed by atoms with Crippen LogP contribution < -0.4 is 40.0 Å². The molecule has 1 aliphatic carbocycles. The number of amides is 1. The summed E-state index contributed by atoms with van der Waals surface area (Å²) in [5.74, 6) is -1.35. The van der Waals surface area contributed by atoms with Gasteiger partial charge >= 0.3 is 29.6 Å². The molecular weight excluding hydrogens is 312 g/mol. The Balaban J connectivity index is 0.00000200. The zero-order valence-electron chi connectivity index (χ0n) is 11.0. The largest absolute Gasteiger partial charge is 1.00 e. The van der Waals surface area contributed by atoms with Gasteiger partial charge in [-0.3, -0.25) is 4.79 Å². The summed E-state index contributed by atoms with van der Waals surface area (Å²) in [6, 6.07) is 5.41. The number of nitrogens with one attached hydrogen (secondary N) is 1. The quantitative estimate of drug-likeness (QED) is 0.670. The molecule has 0 aromatic heterocycles. The number of carbonyl (C=O) groups is 2. The number of rotatable bonds is 5. The van der Waals surface area contributed by atoms with Gasteiger partial charge in [0, 0.05) is 24.3 Å². The van der Waals surface area contributed by atoms with Gasteiger partial charge in [-0.15, -0.1) is 0 Å². The minimum absolute atomic E-state index is 0. The number of aliphatic carboxylic acids is 1. The van der Waals surface area contributed by atoms with Crippen molar-refractivity contribution in [3.05, 3.63) is 33.8 Å². The van der Waals surface area contributed by atoms with E-state index >= 15 is 0 Å². The van der Waals surface area contributed by atoms with E-state index in [1.54, 1.807) is 6.07 Å². The van der Waals surface area contributed by atoms with Gasteiger partial charge in [0.05, 0.1) is 10.0 Å². The fourth-order valence-corrected chi connectivity index (χ4v) is 2.45. The summed E-state index contributed by atoms with van der Waals surface area (Å²) in [7, 11) is 0. The molecule has 0 aliphatic heterocycles. The molecule has 0 spiro atoms. The van der Waals surface area contributed by atoms with Gasteiger partial charge < -0.3 is 15.2 Å². The molecule has 0 radical (unpaired) electrons. The molecule has 7 heteroatoms. The van der Waals surface area contributed by atoms with Gasteiger partial charge in [-0.05, 0) is 24.5 Å². The third-order valence-corrected chi connectivity index (χ3v) is 3.91. The Bertz CT molecular complexity index is 524. The maximum Gasteiger partial charge on any atom is 1.00 e. The minimum Gasteiger partial charge on any atom is -0.550 e. The van der Waals surface area contributed by atoms with Gasteiger partial charge in [-0.25, -0.2) is 0 Å². The summed E-state index contributed by atoms with van der Waals surface area (Å²) in [5, 5.41) is 14.0. The average Bonchev–Trinajstić information content (AvgIpc) is 3.09. The van der Waals surface area contributed by atoms with Crippen LogP contribution in [0.15, 0.2) is 18.2 Å². The number of hydrogen-bond acceptors (Lipinski definition) is 3. The Morgan fingerprint density at radius 1 is 1.30 bits per heavy atom. The van der Waals surface area contributed by atoms with Crippen LogP contribution in [-0.2, 0) is 9.59 Å². The van der Waals surface area contributed by atoms with Crippen molar-refractivity contribution < 1.29 is 44.3 Å². The summed E-state index contributed by atoms with van der Waals surface area (Å²) in [6.45, 7) is 0. The maximum atomic E-state index is 11.5. The van der Waals surface area contributed by atoms with E-state index in [-0.39, 0.29) is 60.3 Å². The maximum absolute atomic E-state index is 11.5. The summed E-state index contributed by atoms with van der Waals surface area (Å²) in [4.78, 5) is 21.7. The van der Waals surface area contributed by atoms with Gasteiger partial charge in [0.25, 0.3) is 0 Å². The van der Waals surface area contributed by atoms with E-state index in [0.717, 1.165) is 12.0 Å². The summed E-state index contributed by atoms with van der Waals surface area (Å²) in [6.07, 6.45) is 0.465. The monoisotopic (exact) mass is 323 g/mol. The molecule has 1 N–H and O–H groups in total. The molecule has 1 amide bonds. The zero-order valence-corrected chi connectivity index (χ0v) is 14.5. The van der Waals surface area contributed by atoms with Crippen molar-refractivity contribution in [1.29, 1.82) is 0 Å². The molecular formula is C13H12Cl2NNaO3. The topological polar surface area (TPSA) is 69.2 Å². The van der Waals surface area contributed by atoms with Crippen molar-refractivity contribution in [2.75, 3.05) is 0 Å². The normalized spacial score (nSPS) is 19.9. The van der Waals surface area contributed by atoms with E-state index in [0.29, 0.717) is 10.0 Å². The van der Waals surface area contributed by atoms with Crippen LogP contribution in [0.3, 0.4) is 0 Å². The number of carbonyl (C=O) groups excluding carboxylic acids is 2. The molecule has 1 aromatic rings. The molecule has 2 atom stereocenters. The van der Waals surface area contributed by atoms with Gasteiger partial charge in [0.1, 0.15) is 0 Å². The minimum atomic E-state index is -1.22. The second-order valence-electron chi connectivity index (χ2n) is 4.53. The first-order valence-electron chi connectivity index (χ1n) is 5.92. The van der Waals surface area contributed by atoms with Crippen molar-refractivity contribution in [2.24, 2.45) is 0 Å². The molecule has 1 aromatic carbocycles. The standard InChI is InChI=1S/C13H13Cl2NO3.Na/c14-9-3-1-2-7(13(9)15)8-6-10(8)16-11(17)4-5-12(18)19;/h1-3,8,10H,4-6H2,(H,16,17)(H,18,19);/q;+1/p-1/t8-,10+;/m0./s1. The Labute approximate surface area is 149 Å². The molecule has 0 bridgehead atoms. The van der Waals surface area contributed by atoms with Crippen LogP contribution in [-0.4, -0.2) is 17.9 Å². The first-order chi connectivity index (χ1) is 8.99. The number of benzene rings is 1. The average molecular weight is 324 g/mol. The summed E-state index contributed by atoms with van der Waals surface area (Å²) >= 11 is 12.0. The predicted molar refractivity (Wildman–Crippen MR) is 70.0 cm³/mol. The SMILES string of the molecule is O=C([O-])CCC(=O)N[C@@H]1C[C@H]1c1cccc(Cl)c1Cl.[Na+]. The van der Waals surface area contributed by atoms with Crippen LogP contribution >= 0.6 is 23.2 Å². The van der Waals surface area contributed by atoms with E-state index < -0.39 is 5.97 Å². The van der Waals surface area contributed by atoms with Gasteiger partial charge in [-0.1, -0.05) is 35.3 Å². The molecule has 2 rings (SSSR count). The smallest absolute Gasteiger partial charge is 0.550 e. The number of carboxylic acids is 1. The summed E-state index contributed by atoms with van der Waals surface area (Å²) < 4.78 is 0. The van der Waals surface area contributed by atoms with Crippen LogP contribution in [0.5, 0.6) is 0 Å². The summed E-state index contributed by atoms with van der Waals surface area (Å²) in [5.41, 5.74) is 0.916. The second kappa shape index (κ2) is 7.66. The third-order valence-electron chi connectivity index (χ3n) is 3.07. The first kappa shape index (κ1) is 17.8. The molecule has 0 heterocycles. The van der Waals surface area contributed by atoms with Crippen molar-refractivity contribution in [3.63, 3.8) is 0 Å². The van der Waals surface area contributed by atoms with E-state index in [1.807, 2.05) is 12.1 Å². The van der Waals surface area contributed by atoms with E-state index in [2.05, 4.69) is 5.32 Å². The molecule has 0 unspecified atom stereocenters. The molecule has 0 saturated heterocycles. The van der Waals surface area contributed by atoms with Gasteiger partial charge in [-0.2, -0.15) is 0 Å². The predicted octanol–water partition coefficient (Wildman–Crippen LogP) is -1.50. The van der Waals surface area contributed by atoms with E-state index in [4.69, 9.17) is 23.2 Å². The molecule has 1 saturated carbocycles. The zero-order chi connectivity index (χ0) is 14.0. The molecule has 1 aliphatic rings. The van der Waals surface area contributed by atoms with Crippen molar-refractivity contribution in [2.45, 2.75) is 31.2 Å². The Kier molecular flexibility index (Phi) is 6.82. The first-order valence-corrected chi connectivity index (χ1v) is 6.67. The van der Waals surface area contributed by atoms with Crippen LogP contribution in [0.1, 0.15) is 30.7 Å². The van der Waals surface area contributed by atoms with Crippen LogP contribution in [0.2, 0.25) is 10.0 Å². The molecule has 20 heavy (non-hydrogen) atoms. The number of hydrogen-bond donors (Lipinski definition) is 1. The van der Waals surface area contributed by atoms with E-state index in [1.165, 1.54) is 0 Å².